The molecule has 2 aliphatic rings. The van der Waals surface area contributed by atoms with Gasteiger partial charge in [-0.2, -0.15) is 13.2 Å². The van der Waals surface area contributed by atoms with Crippen molar-refractivity contribution >= 4 is 11.3 Å². The summed E-state index contributed by atoms with van der Waals surface area (Å²) < 4.78 is 37.5. The first-order chi connectivity index (χ1) is 8.97. The van der Waals surface area contributed by atoms with E-state index in [0.717, 1.165) is 50.1 Å². The van der Waals surface area contributed by atoms with Crippen molar-refractivity contribution in [1.82, 2.24) is 15.2 Å². The summed E-state index contributed by atoms with van der Waals surface area (Å²) >= 11 is 0.764. The summed E-state index contributed by atoms with van der Waals surface area (Å²) in [5.41, 5.74) is 0.351. The van der Waals surface area contributed by atoms with Crippen LogP contribution in [0.3, 0.4) is 0 Å². The maximum Gasteiger partial charge on any atom is 0.427 e. The molecule has 106 valence electrons. The molecule has 0 radical (unpaired) electrons. The fraction of sp³-hybridized carbons (Fsp3) is 0.750. The topological polar surface area (TPSA) is 28.2 Å². The minimum atomic E-state index is -4.27. The van der Waals surface area contributed by atoms with Crippen molar-refractivity contribution in [1.29, 1.82) is 0 Å². The lowest BCUT2D eigenvalue weighted by molar-refractivity contribution is -0.134. The maximum atomic E-state index is 12.5. The highest BCUT2D eigenvalue weighted by atomic mass is 32.1. The third kappa shape index (κ3) is 2.78. The average molecular weight is 291 g/mol. The van der Waals surface area contributed by atoms with Gasteiger partial charge in [-0.05, 0) is 31.3 Å². The van der Waals surface area contributed by atoms with Gasteiger partial charge in [0, 0.05) is 13.1 Å². The number of likely N-dealkylation sites (tertiary alicyclic amines) is 1. The molecule has 2 aliphatic heterocycles. The van der Waals surface area contributed by atoms with Gasteiger partial charge in [0.15, 0.2) is 0 Å². The zero-order chi connectivity index (χ0) is 13.5. The van der Waals surface area contributed by atoms with Crippen LogP contribution in [0.4, 0.5) is 13.2 Å². The number of hydrogen-bond donors (Lipinski definition) is 1. The highest BCUT2D eigenvalue weighted by Gasteiger charge is 2.40. The van der Waals surface area contributed by atoms with Crippen LogP contribution in [0.15, 0.2) is 6.20 Å². The molecule has 2 saturated heterocycles. The van der Waals surface area contributed by atoms with Gasteiger partial charge in [-0.25, -0.2) is 4.98 Å². The van der Waals surface area contributed by atoms with Crippen molar-refractivity contribution in [2.24, 2.45) is 5.41 Å². The normalized spacial score (nSPS) is 28.6. The van der Waals surface area contributed by atoms with Gasteiger partial charge in [0.05, 0.1) is 12.7 Å². The van der Waals surface area contributed by atoms with Crippen molar-refractivity contribution in [2.45, 2.75) is 25.6 Å². The molecule has 7 heteroatoms. The Morgan fingerprint density at radius 3 is 2.89 bits per heavy atom. The van der Waals surface area contributed by atoms with Gasteiger partial charge in [0.1, 0.15) is 9.88 Å². The molecular weight excluding hydrogens is 275 g/mol. The molecule has 0 amide bonds. The molecule has 1 atom stereocenters. The monoisotopic (exact) mass is 291 g/mol. The minimum Gasteiger partial charge on any atom is -0.316 e. The Morgan fingerprint density at radius 1 is 1.42 bits per heavy atom. The van der Waals surface area contributed by atoms with Crippen LogP contribution in [-0.4, -0.2) is 36.1 Å². The van der Waals surface area contributed by atoms with E-state index in [2.05, 4.69) is 15.2 Å². The molecule has 0 bridgehead atoms. The number of halogens is 3. The summed E-state index contributed by atoms with van der Waals surface area (Å²) in [5.74, 6) is 0. The van der Waals surface area contributed by atoms with E-state index in [1.165, 1.54) is 6.42 Å². The predicted octanol–water partition coefficient (Wildman–Crippen LogP) is 2.35. The Kier molecular flexibility index (Phi) is 3.31. The molecule has 19 heavy (non-hydrogen) atoms. The number of nitrogens with zero attached hydrogens (tertiary/aromatic N) is 2. The quantitative estimate of drug-likeness (QED) is 0.906. The number of rotatable bonds is 2. The molecular formula is C12H16F3N3S. The number of alkyl halides is 3. The molecule has 0 aliphatic carbocycles. The Labute approximate surface area is 113 Å². The van der Waals surface area contributed by atoms with Crippen molar-refractivity contribution in [3.8, 4) is 0 Å². The molecule has 1 N–H and O–H groups in total. The third-order valence-electron chi connectivity index (χ3n) is 4.04. The van der Waals surface area contributed by atoms with Crippen LogP contribution in [0.1, 0.15) is 22.7 Å². The molecule has 2 fully saturated rings. The zero-order valence-electron chi connectivity index (χ0n) is 10.5. The van der Waals surface area contributed by atoms with Crippen LogP contribution in [0.2, 0.25) is 0 Å². The van der Waals surface area contributed by atoms with Gasteiger partial charge < -0.3 is 5.32 Å². The zero-order valence-corrected chi connectivity index (χ0v) is 11.3. The molecule has 1 unspecified atom stereocenters. The Hall–Kier alpha value is -0.660. The molecule has 0 aromatic carbocycles. The lowest BCUT2D eigenvalue weighted by Crippen LogP contribution is -2.28. The molecule has 3 heterocycles. The van der Waals surface area contributed by atoms with Gasteiger partial charge in [-0.3, -0.25) is 4.90 Å². The average Bonchev–Trinajstić information content (AvgIpc) is 3.01. The lowest BCUT2D eigenvalue weighted by Gasteiger charge is -2.22. The maximum absolute atomic E-state index is 12.5. The van der Waals surface area contributed by atoms with E-state index in [1.807, 2.05) is 0 Å². The van der Waals surface area contributed by atoms with E-state index in [-0.39, 0.29) is 0 Å². The standard InChI is InChI=1S/C12H16F3N3S/c13-12(14,15)9-5-17-10(19-9)6-18-4-2-11(8-18)1-3-16-7-11/h5,16H,1-4,6-8H2. The van der Waals surface area contributed by atoms with Crippen LogP contribution in [0.5, 0.6) is 0 Å². The SMILES string of the molecule is FC(F)(F)c1cnc(CN2CCC3(CCNC3)C2)s1. The Bertz CT molecular complexity index is 451. The molecule has 3 rings (SSSR count). The van der Waals surface area contributed by atoms with E-state index in [4.69, 9.17) is 0 Å². The van der Waals surface area contributed by atoms with Crippen molar-refractivity contribution < 1.29 is 13.2 Å². The number of thiazole rings is 1. The number of aromatic nitrogens is 1. The molecule has 1 aromatic rings. The van der Waals surface area contributed by atoms with E-state index in [0.29, 0.717) is 17.0 Å². The summed E-state index contributed by atoms with van der Waals surface area (Å²) in [6.07, 6.45) is -1.01. The van der Waals surface area contributed by atoms with Gasteiger partial charge in [0.25, 0.3) is 0 Å². The predicted molar refractivity (Wildman–Crippen MR) is 66.9 cm³/mol. The van der Waals surface area contributed by atoms with E-state index < -0.39 is 11.1 Å². The second-order valence-corrected chi connectivity index (χ2v) is 6.62. The summed E-state index contributed by atoms with van der Waals surface area (Å²) in [6.45, 7) is 4.57. The fourth-order valence-electron chi connectivity index (χ4n) is 3.01. The van der Waals surface area contributed by atoms with E-state index >= 15 is 0 Å². The van der Waals surface area contributed by atoms with Crippen molar-refractivity contribution in [3.63, 3.8) is 0 Å². The third-order valence-corrected chi connectivity index (χ3v) is 5.07. The van der Waals surface area contributed by atoms with Gasteiger partial charge in [0.2, 0.25) is 0 Å². The van der Waals surface area contributed by atoms with Crippen molar-refractivity contribution in [2.75, 3.05) is 26.2 Å². The van der Waals surface area contributed by atoms with Crippen LogP contribution >= 0.6 is 11.3 Å². The van der Waals surface area contributed by atoms with Crippen LogP contribution in [0, 0.1) is 5.41 Å². The van der Waals surface area contributed by atoms with E-state index in [1.54, 1.807) is 0 Å². The minimum absolute atomic E-state index is 0.351. The van der Waals surface area contributed by atoms with Crippen LogP contribution < -0.4 is 5.32 Å². The second-order valence-electron chi connectivity index (χ2n) is 5.50. The molecule has 1 spiro atoms. The van der Waals surface area contributed by atoms with E-state index in [9.17, 15) is 13.2 Å². The Morgan fingerprint density at radius 2 is 2.26 bits per heavy atom. The van der Waals surface area contributed by atoms with Gasteiger partial charge in [-0.1, -0.05) is 0 Å². The van der Waals surface area contributed by atoms with Crippen molar-refractivity contribution in [3.05, 3.63) is 16.1 Å². The largest absolute Gasteiger partial charge is 0.427 e. The van der Waals surface area contributed by atoms with Gasteiger partial charge in [-0.15, -0.1) is 11.3 Å². The summed E-state index contributed by atoms with van der Waals surface area (Å²) in [6, 6.07) is 0. The first kappa shape index (κ1) is 13.3. The highest BCUT2D eigenvalue weighted by Crippen LogP contribution is 2.38. The first-order valence-electron chi connectivity index (χ1n) is 6.42. The van der Waals surface area contributed by atoms with Gasteiger partial charge >= 0.3 is 6.18 Å². The summed E-state index contributed by atoms with van der Waals surface area (Å²) in [4.78, 5) is 5.53. The van der Waals surface area contributed by atoms with Crippen LogP contribution in [0.25, 0.3) is 0 Å². The number of hydrogen-bond acceptors (Lipinski definition) is 4. The second kappa shape index (κ2) is 4.71. The number of nitrogens with one attached hydrogen (secondary N) is 1. The first-order valence-corrected chi connectivity index (χ1v) is 7.24. The molecule has 0 saturated carbocycles. The molecule has 3 nitrogen and oxygen atoms in total. The molecule has 1 aromatic heterocycles. The van der Waals surface area contributed by atoms with Crippen LogP contribution in [-0.2, 0) is 12.7 Å². The smallest absolute Gasteiger partial charge is 0.316 e. The summed E-state index contributed by atoms with van der Waals surface area (Å²) in [7, 11) is 0. The summed E-state index contributed by atoms with van der Waals surface area (Å²) in [5, 5.41) is 3.94. The highest BCUT2D eigenvalue weighted by molar-refractivity contribution is 7.11. The Balaban J connectivity index is 1.62. The fourth-order valence-corrected chi connectivity index (χ4v) is 3.84. The lowest BCUT2D eigenvalue weighted by atomic mass is 9.87.